The Balaban J connectivity index is 1.25. The maximum Gasteiger partial charge on any atom is 0.324 e. The number of aromatic nitrogens is 4. The third-order valence-electron chi connectivity index (χ3n) is 7.42. The molecule has 0 bridgehead atoms. The highest BCUT2D eigenvalue weighted by atomic mass is 31.2. The van der Waals surface area contributed by atoms with Crippen molar-refractivity contribution in [3.63, 3.8) is 0 Å². The maximum atomic E-state index is 13.5. The van der Waals surface area contributed by atoms with Gasteiger partial charge in [-0.05, 0) is 49.7 Å². The molecule has 0 aliphatic heterocycles. The lowest BCUT2D eigenvalue weighted by Crippen LogP contribution is -2.21. The van der Waals surface area contributed by atoms with E-state index in [0.717, 1.165) is 27.5 Å². The number of ether oxygens (including phenoxy) is 1. The van der Waals surface area contributed by atoms with Gasteiger partial charge in [-0.25, -0.2) is 14.5 Å². The van der Waals surface area contributed by atoms with Crippen LogP contribution in [-0.4, -0.2) is 39.1 Å². The number of hydrogen-bond acceptors (Lipinski definition) is 7. The standard InChI is InChI=1S/C36H36N7O3P/c1-36(2,3)31-23-32(43(42-31)25-14-11-15-26(22-25)47(4,5)45)40-35(44)39-29-18-19-30(28-17-10-9-16-27(28)29)46-33-20-21-37-34(41-33)38-24-12-7-6-8-13-24/h6-23H,1-5H3,(H,37,38,41)(H2,39,40,44). The van der Waals surface area contributed by atoms with E-state index in [1.165, 1.54) is 0 Å². The minimum atomic E-state index is -2.51. The number of urea groups is 1. The summed E-state index contributed by atoms with van der Waals surface area (Å²) in [4.78, 5) is 22.3. The number of carbonyl (C=O) groups excluding carboxylic acids is 1. The molecule has 0 saturated carbocycles. The van der Waals surface area contributed by atoms with Crippen LogP contribution in [0.2, 0.25) is 0 Å². The van der Waals surface area contributed by atoms with Crippen molar-refractivity contribution in [1.82, 2.24) is 19.7 Å². The predicted octanol–water partition coefficient (Wildman–Crippen LogP) is 8.54. The number of amides is 2. The van der Waals surface area contributed by atoms with E-state index in [1.807, 2.05) is 84.9 Å². The zero-order valence-corrected chi connectivity index (χ0v) is 27.7. The van der Waals surface area contributed by atoms with Gasteiger partial charge in [0.2, 0.25) is 11.8 Å². The van der Waals surface area contributed by atoms with Crippen LogP contribution >= 0.6 is 7.14 Å². The van der Waals surface area contributed by atoms with Gasteiger partial charge in [0, 0.05) is 45.5 Å². The Labute approximate surface area is 273 Å². The Morgan fingerprint density at radius 3 is 2.32 bits per heavy atom. The molecule has 6 aromatic rings. The Kier molecular flexibility index (Phi) is 8.54. The quantitative estimate of drug-likeness (QED) is 0.142. The Morgan fingerprint density at radius 1 is 0.830 bits per heavy atom. The van der Waals surface area contributed by atoms with Crippen molar-refractivity contribution in [1.29, 1.82) is 0 Å². The maximum absolute atomic E-state index is 13.5. The number of anilines is 4. The second-order valence-corrected chi connectivity index (χ2v) is 15.7. The van der Waals surface area contributed by atoms with E-state index in [-0.39, 0.29) is 5.41 Å². The van der Waals surface area contributed by atoms with Gasteiger partial charge in [0.1, 0.15) is 18.7 Å². The Hall–Kier alpha value is -5.47. The molecule has 47 heavy (non-hydrogen) atoms. The average molecular weight is 646 g/mol. The number of fused-ring (bicyclic) bond motifs is 1. The first-order valence-electron chi connectivity index (χ1n) is 15.1. The SMILES string of the molecule is CC(C)(C)c1cc(NC(=O)Nc2ccc(Oc3ccnc(Nc4ccccc4)n3)c3ccccc23)n(-c2cccc(P(C)(C)=O)c2)n1. The Morgan fingerprint density at radius 2 is 1.57 bits per heavy atom. The topological polar surface area (TPSA) is 123 Å². The van der Waals surface area contributed by atoms with Crippen molar-refractivity contribution in [3.05, 3.63) is 115 Å². The fourth-order valence-corrected chi connectivity index (χ4v) is 5.84. The molecular formula is C36H36N7O3P. The van der Waals surface area contributed by atoms with E-state index in [4.69, 9.17) is 9.84 Å². The predicted molar refractivity (Wildman–Crippen MR) is 190 cm³/mol. The lowest BCUT2D eigenvalue weighted by Gasteiger charge is -2.15. The monoisotopic (exact) mass is 645 g/mol. The van der Waals surface area contributed by atoms with Gasteiger partial charge < -0.3 is 19.9 Å². The van der Waals surface area contributed by atoms with E-state index in [2.05, 4.69) is 46.7 Å². The summed E-state index contributed by atoms with van der Waals surface area (Å²) in [6, 6.07) is 31.5. The number of benzene rings is 4. The van der Waals surface area contributed by atoms with E-state index >= 15 is 0 Å². The molecule has 0 saturated heterocycles. The number of para-hydroxylation sites is 1. The zero-order valence-electron chi connectivity index (χ0n) is 26.9. The molecule has 4 aromatic carbocycles. The second-order valence-electron chi connectivity index (χ2n) is 12.5. The minimum Gasteiger partial charge on any atom is -0.438 e. The average Bonchev–Trinajstić information content (AvgIpc) is 3.47. The molecule has 11 heteroatoms. The summed E-state index contributed by atoms with van der Waals surface area (Å²) in [5.41, 5.74) is 2.70. The van der Waals surface area contributed by atoms with Crippen molar-refractivity contribution >= 4 is 52.4 Å². The van der Waals surface area contributed by atoms with Crippen molar-refractivity contribution in [2.24, 2.45) is 0 Å². The van der Waals surface area contributed by atoms with E-state index in [1.54, 1.807) is 42.4 Å². The summed E-state index contributed by atoms with van der Waals surface area (Å²) in [6.07, 6.45) is 1.63. The number of nitrogens with one attached hydrogen (secondary N) is 3. The van der Waals surface area contributed by atoms with Gasteiger partial charge in [0.05, 0.1) is 17.1 Å². The lowest BCUT2D eigenvalue weighted by atomic mass is 9.92. The molecule has 0 unspecified atom stereocenters. The highest BCUT2D eigenvalue weighted by molar-refractivity contribution is 7.70. The van der Waals surface area contributed by atoms with E-state index in [0.29, 0.717) is 34.8 Å². The first kappa shape index (κ1) is 31.5. The van der Waals surface area contributed by atoms with Crippen LogP contribution in [0.1, 0.15) is 26.5 Å². The molecular weight excluding hydrogens is 609 g/mol. The van der Waals surface area contributed by atoms with Gasteiger partial charge in [0.15, 0.2) is 0 Å². The molecule has 238 valence electrons. The van der Waals surface area contributed by atoms with Crippen molar-refractivity contribution in [2.75, 3.05) is 29.3 Å². The van der Waals surface area contributed by atoms with Crippen molar-refractivity contribution in [3.8, 4) is 17.3 Å². The zero-order chi connectivity index (χ0) is 33.2. The molecule has 6 rings (SSSR count). The van der Waals surface area contributed by atoms with Crippen LogP contribution in [0.25, 0.3) is 16.5 Å². The fourth-order valence-electron chi connectivity index (χ4n) is 4.95. The number of carbonyl (C=O) groups is 1. The highest BCUT2D eigenvalue weighted by Crippen LogP contribution is 2.36. The van der Waals surface area contributed by atoms with Crippen LogP contribution in [0.15, 0.2) is 109 Å². The van der Waals surface area contributed by atoms with Crippen LogP contribution in [0.4, 0.5) is 27.9 Å². The lowest BCUT2D eigenvalue weighted by molar-refractivity contribution is 0.262. The van der Waals surface area contributed by atoms with E-state index < -0.39 is 13.2 Å². The van der Waals surface area contributed by atoms with Gasteiger partial charge in [-0.2, -0.15) is 10.1 Å². The third-order valence-corrected chi connectivity index (χ3v) is 8.94. The number of hydrogen-bond donors (Lipinski definition) is 3. The molecule has 0 atom stereocenters. The second kappa shape index (κ2) is 12.7. The highest BCUT2D eigenvalue weighted by Gasteiger charge is 2.23. The van der Waals surface area contributed by atoms with Crippen LogP contribution in [-0.2, 0) is 9.98 Å². The minimum absolute atomic E-state index is 0.269. The van der Waals surface area contributed by atoms with Gasteiger partial charge in [-0.15, -0.1) is 0 Å². The molecule has 0 fully saturated rings. The summed E-state index contributed by atoms with van der Waals surface area (Å²) in [5, 5.41) is 16.3. The molecule has 2 heterocycles. The van der Waals surface area contributed by atoms with E-state index in [9.17, 15) is 9.36 Å². The smallest absolute Gasteiger partial charge is 0.324 e. The van der Waals surface area contributed by atoms with Crippen molar-refractivity contribution < 1.29 is 14.1 Å². The van der Waals surface area contributed by atoms with Crippen LogP contribution in [0.3, 0.4) is 0 Å². The normalized spacial score (nSPS) is 11.7. The molecule has 0 radical (unpaired) electrons. The van der Waals surface area contributed by atoms with Crippen LogP contribution in [0.5, 0.6) is 11.6 Å². The van der Waals surface area contributed by atoms with Gasteiger partial charge in [-0.3, -0.25) is 5.32 Å². The van der Waals surface area contributed by atoms with Crippen molar-refractivity contribution in [2.45, 2.75) is 26.2 Å². The Bertz CT molecular complexity index is 2120. The fraction of sp³-hybridized carbons (Fsp3) is 0.167. The first-order chi connectivity index (χ1) is 22.4. The molecule has 2 aromatic heterocycles. The molecule has 10 nitrogen and oxygen atoms in total. The number of nitrogens with zero attached hydrogens (tertiary/aromatic N) is 4. The van der Waals surface area contributed by atoms with Crippen LogP contribution in [0, 0.1) is 0 Å². The van der Waals surface area contributed by atoms with Gasteiger partial charge in [0.25, 0.3) is 0 Å². The number of rotatable bonds is 8. The summed E-state index contributed by atoms with van der Waals surface area (Å²) in [5.74, 6) is 1.84. The van der Waals surface area contributed by atoms with Gasteiger partial charge >= 0.3 is 6.03 Å². The summed E-state index contributed by atoms with van der Waals surface area (Å²) in [7, 11) is -2.51. The summed E-state index contributed by atoms with van der Waals surface area (Å²) in [6.45, 7) is 9.65. The molecule has 0 aliphatic carbocycles. The largest absolute Gasteiger partial charge is 0.438 e. The first-order valence-corrected chi connectivity index (χ1v) is 17.7. The molecule has 2 amide bonds. The van der Waals surface area contributed by atoms with Gasteiger partial charge in [-0.1, -0.05) is 75.4 Å². The summed E-state index contributed by atoms with van der Waals surface area (Å²) >= 11 is 0. The molecule has 3 N–H and O–H groups in total. The molecule has 0 aliphatic rings. The molecule has 0 spiro atoms. The van der Waals surface area contributed by atoms with Crippen LogP contribution < -0.4 is 26.0 Å². The summed E-state index contributed by atoms with van der Waals surface area (Å²) < 4.78 is 20.7. The third kappa shape index (κ3) is 7.34.